The predicted octanol–water partition coefficient (Wildman–Crippen LogP) is 2.35. The van der Waals surface area contributed by atoms with Gasteiger partial charge in [-0.1, -0.05) is 12.1 Å². The molecular weight excluding hydrogens is 380 g/mol. The van der Waals surface area contributed by atoms with Crippen LogP contribution in [0, 0.1) is 0 Å². The SMILES string of the molecule is CN(CC(=O)Nc1ccc(C(=O)N(C)C)cc1)Cc1ccc(C(=O)NC2CC2)cc1. The number of anilines is 1. The zero-order chi connectivity index (χ0) is 21.7. The van der Waals surface area contributed by atoms with E-state index < -0.39 is 0 Å². The normalized spacial score (nSPS) is 13.1. The molecule has 2 aromatic rings. The standard InChI is InChI=1S/C23H28N4O3/c1-26(2)23(30)18-8-10-19(11-9-18)24-21(28)15-27(3)14-16-4-6-17(7-5-16)22(29)25-20-12-13-20/h4-11,20H,12-15H2,1-3H3,(H,24,28)(H,25,29). The summed E-state index contributed by atoms with van der Waals surface area (Å²) < 4.78 is 0. The molecule has 0 bridgehead atoms. The number of nitrogens with one attached hydrogen (secondary N) is 2. The molecule has 7 heteroatoms. The topological polar surface area (TPSA) is 81.8 Å². The Morgan fingerprint density at radius 2 is 1.50 bits per heavy atom. The maximum absolute atomic E-state index is 12.3. The van der Waals surface area contributed by atoms with Crippen LogP contribution in [0.3, 0.4) is 0 Å². The van der Waals surface area contributed by atoms with Gasteiger partial charge < -0.3 is 15.5 Å². The highest BCUT2D eigenvalue weighted by molar-refractivity contribution is 5.96. The molecule has 1 aliphatic carbocycles. The summed E-state index contributed by atoms with van der Waals surface area (Å²) in [6, 6.07) is 14.6. The van der Waals surface area contributed by atoms with Gasteiger partial charge in [-0.15, -0.1) is 0 Å². The Bertz CT molecular complexity index is 903. The monoisotopic (exact) mass is 408 g/mol. The van der Waals surface area contributed by atoms with Crippen LogP contribution in [-0.2, 0) is 11.3 Å². The molecule has 0 radical (unpaired) electrons. The number of carbonyl (C=O) groups excluding carboxylic acids is 3. The summed E-state index contributed by atoms with van der Waals surface area (Å²) in [7, 11) is 5.26. The van der Waals surface area contributed by atoms with Crippen LogP contribution in [-0.4, -0.2) is 61.3 Å². The summed E-state index contributed by atoms with van der Waals surface area (Å²) in [5, 5.41) is 5.82. The van der Waals surface area contributed by atoms with E-state index in [0.717, 1.165) is 18.4 Å². The van der Waals surface area contributed by atoms with E-state index in [9.17, 15) is 14.4 Å². The molecule has 0 aromatic heterocycles. The van der Waals surface area contributed by atoms with E-state index in [1.807, 2.05) is 36.2 Å². The molecule has 3 amide bonds. The van der Waals surface area contributed by atoms with E-state index in [1.54, 1.807) is 38.4 Å². The number of benzene rings is 2. The van der Waals surface area contributed by atoms with Crippen molar-refractivity contribution in [3.63, 3.8) is 0 Å². The van der Waals surface area contributed by atoms with E-state index in [0.29, 0.717) is 29.4 Å². The third-order valence-corrected chi connectivity index (χ3v) is 4.82. The maximum Gasteiger partial charge on any atom is 0.253 e. The van der Waals surface area contributed by atoms with Crippen molar-refractivity contribution in [2.45, 2.75) is 25.4 Å². The summed E-state index contributed by atoms with van der Waals surface area (Å²) in [6.07, 6.45) is 2.13. The second-order valence-corrected chi connectivity index (χ2v) is 7.94. The molecule has 2 N–H and O–H groups in total. The molecule has 0 heterocycles. The molecule has 0 aliphatic heterocycles. The Labute approximate surface area is 177 Å². The van der Waals surface area contributed by atoms with E-state index in [-0.39, 0.29) is 24.3 Å². The lowest BCUT2D eigenvalue weighted by Gasteiger charge is -2.17. The number of nitrogens with zero attached hydrogens (tertiary/aromatic N) is 2. The molecule has 0 saturated heterocycles. The average Bonchev–Trinajstić information content (AvgIpc) is 3.52. The van der Waals surface area contributed by atoms with E-state index in [4.69, 9.17) is 0 Å². The Hall–Kier alpha value is -3.19. The summed E-state index contributed by atoms with van der Waals surface area (Å²) in [5.74, 6) is -0.247. The first-order valence-corrected chi connectivity index (χ1v) is 10.0. The first-order valence-electron chi connectivity index (χ1n) is 10.0. The van der Waals surface area contributed by atoms with Crippen molar-refractivity contribution in [1.82, 2.24) is 15.1 Å². The third-order valence-electron chi connectivity index (χ3n) is 4.82. The fraction of sp³-hybridized carbons (Fsp3) is 0.348. The van der Waals surface area contributed by atoms with Crippen molar-refractivity contribution in [2.24, 2.45) is 0 Å². The molecule has 0 spiro atoms. The Balaban J connectivity index is 1.47. The van der Waals surface area contributed by atoms with Crippen molar-refractivity contribution in [1.29, 1.82) is 0 Å². The Morgan fingerprint density at radius 1 is 0.900 bits per heavy atom. The highest BCUT2D eigenvalue weighted by atomic mass is 16.2. The van der Waals surface area contributed by atoms with Gasteiger partial charge in [0.2, 0.25) is 5.91 Å². The Kier molecular flexibility index (Phi) is 6.84. The maximum atomic E-state index is 12.3. The second-order valence-electron chi connectivity index (χ2n) is 7.94. The van der Waals surface area contributed by atoms with Crippen molar-refractivity contribution in [2.75, 3.05) is 33.0 Å². The fourth-order valence-electron chi connectivity index (χ4n) is 3.03. The molecule has 1 saturated carbocycles. The van der Waals surface area contributed by atoms with Crippen LogP contribution in [0.1, 0.15) is 39.1 Å². The van der Waals surface area contributed by atoms with Crippen molar-refractivity contribution in [3.8, 4) is 0 Å². The number of amides is 3. The van der Waals surface area contributed by atoms with Crippen LogP contribution in [0.25, 0.3) is 0 Å². The van der Waals surface area contributed by atoms with Gasteiger partial charge >= 0.3 is 0 Å². The third kappa shape index (κ3) is 6.15. The van der Waals surface area contributed by atoms with Crippen LogP contribution < -0.4 is 10.6 Å². The predicted molar refractivity (Wildman–Crippen MR) is 116 cm³/mol. The van der Waals surface area contributed by atoms with Crippen molar-refractivity contribution < 1.29 is 14.4 Å². The van der Waals surface area contributed by atoms with Crippen molar-refractivity contribution >= 4 is 23.4 Å². The van der Waals surface area contributed by atoms with Gasteiger partial charge in [-0.25, -0.2) is 0 Å². The van der Waals surface area contributed by atoms with Crippen molar-refractivity contribution in [3.05, 3.63) is 65.2 Å². The summed E-state index contributed by atoms with van der Waals surface area (Å²) in [6.45, 7) is 0.816. The van der Waals surface area contributed by atoms with Crippen LogP contribution in [0.5, 0.6) is 0 Å². The smallest absolute Gasteiger partial charge is 0.253 e. The van der Waals surface area contributed by atoms with E-state index in [1.165, 1.54) is 4.90 Å². The van der Waals surface area contributed by atoms with Gasteiger partial charge in [0.1, 0.15) is 0 Å². The minimum atomic E-state index is -0.135. The molecule has 1 aliphatic rings. The molecule has 30 heavy (non-hydrogen) atoms. The minimum absolute atomic E-state index is 0.0323. The largest absolute Gasteiger partial charge is 0.349 e. The van der Waals surface area contributed by atoms with Crippen LogP contribution >= 0.6 is 0 Å². The lowest BCUT2D eigenvalue weighted by atomic mass is 10.1. The van der Waals surface area contributed by atoms with Gasteiger partial charge in [-0.3, -0.25) is 19.3 Å². The van der Waals surface area contributed by atoms with Gasteiger partial charge in [0.15, 0.2) is 0 Å². The molecule has 7 nitrogen and oxygen atoms in total. The lowest BCUT2D eigenvalue weighted by Crippen LogP contribution is -2.30. The Morgan fingerprint density at radius 3 is 2.07 bits per heavy atom. The van der Waals surface area contributed by atoms with Gasteiger partial charge in [0.05, 0.1) is 6.54 Å². The van der Waals surface area contributed by atoms with Crippen LogP contribution in [0.4, 0.5) is 5.69 Å². The van der Waals surface area contributed by atoms with E-state index >= 15 is 0 Å². The van der Waals surface area contributed by atoms with Gasteiger partial charge in [-0.2, -0.15) is 0 Å². The fourth-order valence-corrected chi connectivity index (χ4v) is 3.03. The quantitative estimate of drug-likeness (QED) is 0.703. The van der Waals surface area contributed by atoms with Gasteiger partial charge in [0.25, 0.3) is 11.8 Å². The summed E-state index contributed by atoms with van der Waals surface area (Å²) >= 11 is 0. The molecule has 3 rings (SSSR count). The second kappa shape index (κ2) is 9.54. The molecule has 2 aromatic carbocycles. The van der Waals surface area contributed by atoms with Gasteiger partial charge in [-0.05, 0) is 61.9 Å². The summed E-state index contributed by atoms with van der Waals surface area (Å²) in [4.78, 5) is 39.7. The molecular formula is C23H28N4O3. The highest BCUT2D eigenvalue weighted by Crippen LogP contribution is 2.19. The summed E-state index contributed by atoms with van der Waals surface area (Å²) in [5.41, 5.74) is 2.90. The number of likely N-dealkylation sites (N-methyl/N-ethyl adjacent to an activating group) is 1. The number of carbonyl (C=O) groups is 3. The van der Waals surface area contributed by atoms with Crippen LogP contribution in [0.15, 0.2) is 48.5 Å². The molecule has 0 atom stereocenters. The highest BCUT2D eigenvalue weighted by Gasteiger charge is 2.23. The molecule has 158 valence electrons. The van der Waals surface area contributed by atoms with E-state index in [2.05, 4.69) is 10.6 Å². The number of hydrogen-bond donors (Lipinski definition) is 2. The zero-order valence-corrected chi connectivity index (χ0v) is 17.6. The lowest BCUT2D eigenvalue weighted by molar-refractivity contribution is -0.117. The molecule has 1 fully saturated rings. The van der Waals surface area contributed by atoms with Gasteiger partial charge in [0, 0.05) is 43.5 Å². The first kappa shape index (κ1) is 21.5. The minimum Gasteiger partial charge on any atom is -0.349 e. The average molecular weight is 409 g/mol. The number of rotatable bonds is 8. The molecule has 0 unspecified atom stereocenters. The number of hydrogen-bond acceptors (Lipinski definition) is 4. The zero-order valence-electron chi connectivity index (χ0n) is 17.6. The van der Waals surface area contributed by atoms with Crippen LogP contribution in [0.2, 0.25) is 0 Å². The first-order chi connectivity index (χ1) is 14.3.